The van der Waals surface area contributed by atoms with Gasteiger partial charge in [-0.15, -0.1) is 5.10 Å². The zero-order chi connectivity index (χ0) is 12.1. The lowest BCUT2D eigenvalue weighted by molar-refractivity contribution is 0.239. The second-order valence-electron chi connectivity index (χ2n) is 4.66. The van der Waals surface area contributed by atoms with Gasteiger partial charge in [0.05, 0.1) is 18.3 Å². The van der Waals surface area contributed by atoms with Crippen LogP contribution in [0.4, 0.5) is 5.82 Å². The molecule has 1 atom stereocenters. The van der Waals surface area contributed by atoms with Crippen LogP contribution in [-0.2, 0) is 6.42 Å². The van der Waals surface area contributed by atoms with Crippen LogP contribution in [0.15, 0.2) is 12.1 Å². The predicted octanol–water partition coefficient (Wildman–Crippen LogP) is 1.78. The monoisotopic (exact) mass is 235 g/mol. The number of hydrogen-bond acceptors (Lipinski definition) is 4. The Morgan fingerprint density at radius 1 is 1.35 bits per heavy atom. The molecule has 1 aliphatic rings. The van der Waals surface area contributed by atoms with Crippen molar-refractivity contribution in [2.45, 2.75) is 45.1 Å². The molecular weight excluding hydrogens is 214 g/mol. The molecule has 0 spiro atoms. The van der Waals surface area contributed by atoms with Gasteiger partial charge in [0.2, 0.25) is 0 Å². The summed E-state index contributed by atoms with van der Waals surface area (Å²) in [6, 6.07) is 4.30. The fourth-order valence-corrected chi connectivity index (χ4v) is 2.39. The molecular formula is C13H21N3O. The third kappa shape index (κ3) is 2.94. The molecule has 1 N–H and O–H groups in total. The molecule has 0 aromatic carbocycles. The molecule has 1 aromatic rings. The molecule has 0 aliphatic carbocycles. The van der Waals surface area contributed by atoms with Crippen molar-refractivity contribution < 1.29 is 5.11 Å². The number of nitrogens with zero attached hydrogens (tertiary/aromatic N) is 3. The van der Waals surface area contributed by atoms with E-state index in [-0.39, 0.29) is 12.6 Å². The van der Waals surface area contributed by atoms with E-state index in [9.17, 15) is 5.11 Å². The highest BCUT2D eigenvalue weighted by atomic mass is 16.3. The first kappa shape index (κ1) is 12.3. The molecule has 0 bridgehead atoms. The third-order valence-corrected chi connectivity index (χ3v) is 3.34. The molecule has 4 heteroatoms. The molecule has 4 nitrogen and oxygen atoms in total. The lowest BCUT2D eigenvalue weighted by Crippen LogP contribution is -2.42. The number of aliphatic hydroxyl groups is 1. The average molecular weight is 235 g/mol. The van der Waals surface area contributed by atoms with Gasteiger partial charge in [-0.25, -0.2) is 0 Å². The lowest BCUT2D eigenvalue weighted by Gasteiger charge is -2.35. The molecule has 1 unspecified atom stereocenters. The standard InChI is InChI=1S/C13H21N3O/c1-2-5-11-7-8-13(15-14-11)16-9-4-3-6-12(16)10-17/h7-8,12,17H,2-6,9-10H2,1H3. The molecule has 2 heterocycles. The van der Waals surface area contributed by atoms with Crippen LogP contribution in [-0.4, -0.2) is 34.5 Å². The molecule has 2 rings (SSSR count). The summed E-state index contributed by atoms with van der Waals surface area (Å²) in [6.45, 7) is 3.33. The Morgan fingerprint density at radius 2 is 2.24 bits per heavy atom. The smallest absolute Gasteiger partial charge is 0.151 e. The Hall–Kier alpha value is -1.16. The van der Waals surface area contributed by atoms with E-state index in [0.717, 1.165) is 37.3 Å². The van der Waals surface area contributed by atoms with E-state index in [1.165, 1.54) is 12.8 Å². The van der Waals surface area contributed by atoms with Crippen molar-refractivity contribution in [2.24, 2.45) is 0 Å². The zero-order valence-electron chi connectivity index (χ0n) is 10.5. The van der Waals surface area contributed by atoms with Crippen molar-refractivity contribution in [3.05, 3.63) is 17.8 Å². The van der Waals surface area contributed by atoms with Gasteiger partial charge in [0.1, 0.15) is 0 Å². The van der Waals surface area contributed by atoms with Gasteiger partial charge >= 0.3 is 0 Å². The summed E-state index contributed by atoms with van der Waals surface area (Å²) in [5, 5.41) is 17.9. The van der Waals surface area contributed by atoms with Gasteiger partial charge in [-0.1, -0.05) is 13.3 Å². The van der Waals surface area contributed by atoms with Gasteiger partial charge in [0.15, 0.2) is 5.82 Å². The van der Waals surface area contributed by atoms with Crippen LogP contribution in [0.5, 0.6) is 0 Å². The number of aromatic nitrogens is 2. The predicted molar refractivity (Wildman–Crippen MR) is 68.1 cm³/mol. The third-order valence-electron chi connectivity index (χ3n) is 3.34. The number of hydrogen-bond donors (Lipinski definition) is 1. The average Bonchev–Trinajstić information content (AvgIpc) is 2.40. The normalized spacial score (nSPS) is 20.6. The van der Waals surface area contributed by atoms with Crippen LogP contribution in [0.2, 0.25) is 0 Å². The van der Waals surface area contributed by atoms with E-state index in [1.54, 1.807) is 0 Å². The first-order valence-corrected chi connectivity index (χ1v) is 6.55. The Balaban J connectivity index is 2.09. The Labute approximate surface area is 103 Å². The maximum absolute atomic E-state index is 9.37. The van der Waals surface area contributed by atoms with Crippen molar-refractivity contribution in [1.29, 1.82) is 0 Å². The lowest BCUT2D eigenvalue weighted by atomic mass is 10.0. The first-order chi connectivity index (χ1) is 8.35. The van der Waals surface area contributed by atoms with Gasteiger partial charge in [-0.3, -0.25) is 0 Å². The van der Waals surface area contributed by atoms with E-state index < -0.39 is 0 Å². The van der Waals surface area contributed by atoms with Gasteiger partial charge in [0.25, 0.3) is 0 Å². The number of piperidine rings is 1. The van der Waals surface area contributed by atoms with Crippen LogP contribution >= 0.6 is 0 Å². The van der Waals surface area contributed by atoms with E-state index in [1.807, 2.05) is 6.07 Å². The van der Waals surface area contributed by atoms with Crippen LogP contribution in [0, 0.1) is 0 Å². The van der Waals surface area contributed by atoms with Crippen molar-refractivity contribution in [1.82, 2.24) is 10.2 Å². The van der Waals surface area contributed by atoms with Crippen LogP contribution in [0.1, 0.15) is 38.3 Å². The molecule has 1 saturated heterocycles. The van der Waals surface area contributed by atoms with Gasteiger partial charge in [-0.2, -0.15) is 5.10 Å². The summed E-state index contributed by atoms with van der Waals surface area (Å²) in [6.07, 6.45) is 5.50. The maximum atomic E-state index is 9.37. The summed E-state index contributed by atoms with van der Waals surface area (Å²) in [7, 11) is 0. The molecule has 0 saturated carbocycles. The van der Waals surface area contributed by atoms with Crippen molar-refractivity contribution >= 4 is 5.82 Å². The molecule has 1 aliphatic heterocycles. The van der Waals surface area contributed by atoms with Gasteiger partial charge in [0, 0.05) is 6.54 Å². The number of anilines is 1. The molecule has 17 heavy (non-hydrogen) atoms. The van der Waals surface area contributed by atoms with E-state index in [0.29, 0.717) is 0 Å². The van der Waals surface area contributed by atoms with Crippen LogP contribution < -0.4 is 4.90 Å². The summed E-state index contributed by atoms with van der Waals surface area (Å²) >= 11 is 0. The summed E-state index contributed by atoms with van der Waals surface area (Å²) in [5.41, 5.74) is 1.05. The highest BCUT2D eigenvalue weighted by Gasteiger charge is 2.22. The number of aliphatic hydroxyl groups excluding tert-OH is 1. The molecule has 1 fully saturated rings. The maximum Gasteiger partial charge on any atom is 0.151 e. The molecule has 0 radical (unpaired) electrons. The van der Waals surface area contributed by atoms with Gasteiger partial charge in [-0.05, 0) is 37.8 Å². The zero-order valence-corrected chi connectivity index (χ0v) is 10.5. The largest absolute Gasteiger partial charge is 0.394 e. The summed E-state index contributed by atoms with van der Waals surface area (Å²) in [5.74, 6) is 0.906. The summed E-state index contributed by atoms with van der Waals surface area (Å²) < 4.78 is 0. The van der Waals surface area contributed by atoms with Crippen molar-refractivity contribution in [3.8, 4) is 0 Å². The molecule has 1 aromatic heterocycles. The minimum absolute atomic E-state index is 0.207. The first-order valence-electron chi connectivity index (χ1n) is 6.55. The van der Waals surface area contributed by atoms with E-state index in [2.05, 4.69) is 28.1 Å². The second kappa shape index (κ2) is 5.96. The Bertz CT molecular complexity index is 339. The van der Waals surface area contributed by atoms with Crippen LogP contribution in [0.25, 0.3) is 0 Å². The second-order valence-corrected chi connectivity index (χ2v) is 4.66. The van der Waals surface area contributed by atoms with Crippen molar-refractivity contribution in [3.63, 3.8) is 0 Å². The van der Waals surface area contributed by atoms with Gasteiger partial charge < -0.3 is 10.0 Å². The Kier molecular flexibility index (Phi) is 4.31. The minimum Gasteiger partial charge on any atom is -0.394 e. The molecule has 0 amide bonds. The van der Waals surface area contributed by atoms with Crippen molar-refractivity contribution in [2.75, 3.05) is 18.1 Å². The van der Waals surface area contributed by atoms with E-state index >= 15 is 0 Å². The minimum atomic E-state index is 0.207. The Morgan fingerprint density at radius 3 is 2.88 bits per heavy atom. The van der Waals surface area contributed by atoms with E-state index in [4.69, 9.17) is 0 Å². The SMILES string of the molecule is CCCc1ccc(N2CCCCC2CO)nn1. The highest BCUT2D eigenvalue weighted by Crippen LogP contribution is 2.22. The fourth-order valence-electron chi connectivity index (χ4n) is 2.39. The highest BCUT2D eigenvalue weighted by molar-refractivity contribution is 5.39. The number of rotatable bonds is 4. The quantitative estimate of drug-likeness (QED) is 0.864. The number of aryl methyl sites for hydroxylation is 1. The summed E-state index contributed by atoms with van der Waals surface area (Å²) in [4.78, 5) is 2.19. The molecule has 94 valence electrons. The fraction of sp³-hybridized carbons (Fsp3) is 0.692. The van der Waals surface area contributed by atoms with Crippen LogP contribution in [0.3, 0.4) is 0 Å². The topological polar surface area (TPSA) is 49.2 Å².